The fraction of sp³-hybridized carbons (Fsp3) is 0.273. The molecule has 31 heavy (non-hydrogen) atoms. The SMILES string of the molecule is NS/N=C1/C=CC=C(S(=O)Nc2cc(-c3ccco3)ccc2C(=O)N2CCCCC2)C1. The van der Waals surface area contributed by atoms with Gasteiger partial charge in [0.2, 0.25) is 0 Å². The van der Waals surface area contributed by atoms with Gasteiger partial charge in [-0.25, -0.2) is 8.61 Å². The minimum Gasteiger partial charge on any atom is -0.464 e. The number of hydrogen-bond acceptors (Lipinski definition) is 6. The summed E-state index contributed by atoms with van der Waals surface area (Å²) in [6.45, 7) is 1.49. The summed E-state index contributed by atoms with van der Waals surface area (Å²) in [5.41, 5.74) is 2.57. The van der Waals surface area contributed by atoms with Gasteiger partial charge in [0, 0.05) is 30.0 Å². The van der Waals surface area contributed by atoms with Crippen molar-refractivity contribution in [2.45, 2.75) is 25.7 Å². The van der Waals surface area contributed by atoms with Gasteiger partial charge in [-0.15, -0.1) is 0 Å². The second kappa shape index (κ2) is 10.1. The molecular weight excluding hydrogens is 432 g/mol. The highest BCUT2D eigenvalue weighted by Gasteiger charge is 2.23. The van der Waals surface area contributed by atoms with Crippen molar-refractivity contribution < 1.29 is 13.4 Å². The Labute approximate surface area is 188 Å². The molecule has 2 heterocycles. The highest BCUT2D eigenvalue weighted by Crippen LogP contribution is 2.29. The van der Waals surface area contributed by atoms with Gasteiger partial charge in [-0.3, -0.25) is 9.93 Å². The first-order valence-electron chi connectivity index (χ1n) is 10.1. The second-order valence-electron chi connectivity index (χ2n) is 7.32. The zero-order valence-electron chi connectivity index (χ0n) is 17.0. The molecule has 1 aliphatic heterocycles. The maximum Gasteiger partial charge on any atom is 0.255 e. The first kappa shape index (κ1) is 21.6. The third-order valence-corrected chi connectivity index (χ3v) is 6.74. The van der Waals surface area contributed by atoms with E-state index >= 15 is 0 Å². The molecule has 1 atom stereocenters. The Morgan fingerprint density at radius 2 is 2.06 bits per heavy atom. The summed E-state index contributed by atoms with van der Waals surface area (Å²) in [4.78, 5) is 15.7. The van der Waals surface area contributed by atoms with Crippen LogP contribution in [0.3, 0.4) is 0 Å². The fourth-order valence-corrected chi connectivity index (χ4v) is 4.91. The number of amides is 1. The average molecular weight is 457 g/mol. The number of hydrogen-bond donors (Lipinski definition) is 2. The van der Waals surface area contributed by atoms with Gasteiger partial charge < -0.3 is 14.0 Å². The van der Waals surface area contributed by atoms with E-state index in [2.05, 4.69) is 9.12 Å². The number of likely N-dealkylation sites (tertiary alicyclic amines) is 1. The van der Waals surface area contributed by atoms with Gasteiger partial charge >= 0.3 is 0 Å². The Morgan fingerprint density at radius 3 is 2.81 bits per heavy atom. The summed E-state index contributed by atoms with van der Waals surface area (Å²) in [7, 11) is -1.54. The predicted molar refractivity (Wildman–Crippen MR) is 127 cm³/mol. The quantitative estimate of drug-likeness (QED) is 0.625. The first-order chi connectivity index (χ1) is 15.2. The summed E-state index contributed by atoms with van der Waals surface area (Å²) in [6, 6.07) is 9.11. The van der Waals surface area contributed by atoms with Gasteiger partial charge in [-0.1, -0.05) is 12.1 Å². The molecule has 1 aromatic heterocycles. The lowest BCUT2D eigenvalue weighted by Crippen LogP contribution is -2.36. The zero-order valence-corrected chi connectivity index (χ0v) is 18.6. The van der Waals surface area contributed by atoms with Crippen LogP contribution in [0.5, 0.6) is 0 Å². The van der Waals surface area contributed by atoms with Crippen molar-refractivity contribution in [2.24, 2.45) is 9.54 Å². The molecule has 1 unspecified atom stereocenters. The Bertz CT molecular complexity index is 1050. The van der Waals surface area contributed by atoms with Gasteiger partial charge in [0.15, 0.2) is 0 Å². The maximum absolute atomic E-state index is 13.2. The summed E-state index contributed by atoms with van der Waals surface area (Å²) in [5, 5.41) is 5.42. The third kappa shape index (κ3) is 5.17. The van der Waals surface area contributed by atoms with Gasteiger partial charge in [0.1, 0.15) is 16.7 Å². The predicted octanol–water partition coefficient (Wildman–Crippen LogP) is 4.46. The number of carbonyl (C=O) groups is 1. The van der Waals surface area contributed by atoms with Gasteiger partial charge in [0.05, 0.1) is 35.4 Å². The number of piperidine rings is 1. The monoisotopic (exact) mass is 456 g/mol. The van der Waals surface area contributed by atoms with Crippen LogP contribution in [0.4, 0.5) is 5.69 Å². The molecule has 0 spiro atoms. The highest BCUT2D eigenvalue weighted by molar-refractivity contribution is 7.95. The Kier molecular flexibility index (Phi) is 7.06. The lowest BCUT2D eigenvalue weighted by molar-refractivity contribution is 0.0725. The van der Waals surface area contributed by atoms with Crippen molar-refractivity contribution in [3.63, 3.8) is 0 Å². The molecular formula is C22H24N4O3S2. The number of nitrogens with zero attached hydrogens (tertiary/aromatic N) is 2. The second-order valence-corrected chi connectivity index (χ2v) is 8.98. The molecule has 1 aliphatic carbocycles. The molecule has 7 nitrogen and oxygen atoms in total. The molecule has 2 aromatic rings. The van der Waals surface area contributed by atoms with Crippen molar-refractivity contribution in [3.8, 4) is 11.3 Å². The minimum absolute atomic E-state index is 0.0514. The number of carbonyl (C=O) groups excluding carboxylic acids is 1. The molecule has 162 valence electrons. The van der Waals surface area contributed by atoms with Crippen LogP contribution in [0.1, 0.15) is 36.0 Å². The largest absolute Gasteiger partial charge is 0.464 e. The van der Waals surface area contributed by atoms with Crippen LogP contribution in [0.15, 0.2) is 68.5 Å². The molecule has 1 saturated heterocycles. The molecule has 0 saturated carbocycles. The van der Waals surface area contributed by atoms with E-state index < -0.39 is 11.0 Å². The van der Waals surface area contributed by atoms with Crippen LogP contribution >= 0.6 is 12.1 Å². The van der Waals surface area contributed by atoms with Gasteiger partial charge in [-0.2, -0.15) is 0 Å². The van der Waals surface area contributed by atoms with Crippen molar-refractivity contribution in [1.82, 2.24) is 4.90 Å². The number of nitrogens with one attached hydrogen (secondary N) is 1. The molecule has 3 N–H and O–H groups in total. The Hall–Kier alpha value is -2.62. The van der Waals surface area contributed by atoms with Gasteiger partial charge in [-0.05, 0) is 55.7 Å². The van der Waals surface area contributed by atoms with Crippen molar-refractivity contribution in [2.75, 3.05) is 17.8 Å². The van der Waals surface area contributed by atoms with Crippen LogP contribution in [0, 0.1) is 0 Å². The summed E-state index contributed by atoms with van der Waals surface area (Å²) >= 11 is 0.878. The van der Waals surface area contributed by atoms with Crippen LogP contribution in [-0.2, 0) is 11.0 Å². The van der Waals surface area contributed by atoms with E-state index in [0.717, 1.165) is 55.8 Å². The van der Waals surface area contributed by atoms with E-state index in [4.69, 9.17) is 9.56 Å². The molecule has 9 heteroatoms. The summed E-state index contributed by atoms with van der Waals surface area (Å²) in [6.07, 6.45) is 10.6. The molecule has 2 aliphatic rings. The molecule has 0 radical (unpaired) electrons. The van der Waals surface area contributed by atoms with Crippen LogP contribution in [-0.4, -0.2) is 33.8 Å². The maximum atomic E-state index is 13.2. The van der Waals surface area contributed by atoms with E-state index in [1.54, 1.807) is 24.5 Å². The van der Waals surface area contributed by atoms with Crippen molar-refractivity contribution in [1.29, 1.82) is 0 Å². The Balaban J connectivity index is 1.63. The normalized spacial score (nSPS) is 18.7. The third-order valence-electron chi connectivity index (χ3n) is 5.24. The van der Waals surface area contributed by atoms with Gasteiger partial charge in [0.25, 0.3) is 5.91 Å². The van der Waals surface area contributed by atoms with Crippen LogP contribution in [0.25, 0.3) is 11.3 Å². The number of allylic oxidation sites excluding steroid dienone is 4. The zero-order chi connectivity index (χ0) is 21.6. The molecule has 0 bridgehead atoms. The highest BCUT2D eigenvalue weighted by atomic mass is 32.2. The summed E-state index contributed by atoms with van der Waals surface area (Å²) in [5.74, 6) is 0.629. The standard InChI is InChI=1S/C22H24N4O3S2/c23-30-24-17-6-4-7-18(15-17)31(28)25-20-14-16(21-8-5-13-29-21)9-10-19(20)22(27)26-11-2-1-3-12-26/h4-10,13-14,25H,1-3,11-12,15,23H2/b24-17-. The number of nitrogens with two attached hydrogens (primary N) is 1. The van der Waals surface area contributed by atoms with E-state index in [1.165, 1.54) is 0 Å². The van der Waals surface area contributed by atoms with E-state index in [0.29, 0.717) is 28.3 Å². The first-order valence-corrected chi connectivity index (χ1v) is 12.1. The van der Waals surface area contributed by atoms with Crippen molar-refractivity contribution >= 4 is 40.4 Å². The molecule has 1 aromatic carbocycles. The average Bonchev–Trinajstić information content (AvgIpc) is 3.35. The Morgan fingerprint density at radius 1 is 1.23 bits per heavy atom. The molecule has 1 amide bonds. The van der Waals surface area contributed by atoms with E-state index in [9.17, 15) is 9.00 Å². The lowest BCUT2D eigenvalue weighted by atomic mass is 10.0. The number of benzene rings is 1. The smallest absolute Gasteiger partial charge is 0.255 e. The lowest BCUT2D eigenvalue weighted by Gasteiger charge is -2.27. The summed E-state index contributed by atoms with van der Waals surface area (Å²) < 4.78 is 25.8. The van der Waals surface area contributed by atoms with E-state index in [1.807, 2.05) is 35.2 Å². The van der Waals surface area contributed by atoms with Crippen LogP contribution < -0.4 is 9.86 Å². The van der Waals surface area contributed by atoms with E-state index in [-0.39, 0.29) is 5.91 Å². The molecule has 4 rings (SSSR count). The fourth-order valence-electron chi connectivity index (χ4n) is 3.66. The number of anilines is 1. The molecule has 1 fully saturated rings. The topological polar surface area (TPSA) is 101 Å². The number of furan rings is 1. The minimum atomic E-state index is -1.54. The van der Waals surface area contributed by atoms with Crippen LogP contribution in [0.2, 0.25) is 0 Å². The number of rotatable bonds is 6. The van der Waals surface area contributed by atoms with Crippen molar-refractivity contribution in [3.05, 3.63) is 65.3 Å².